The SMILES string of the molecule is Cc1cnc(CNC(=O)c2c(F)cc(Br)cc2F)o1. The van der Waals surface area contributed by atoms with Crippen LogP contribution < -0.4 is 5.32 Å². The maximum Gasteiger partial charge on any atom is 0.257 e. The Bertz CT molecular complexity index is 605. The Balaban J connectivity index is 2.12. The van der Waals surface area contributed by atoms with Crippen LogP contribution in [0.3, 0.4) is 0 Å². The third kappa shape index (κ3) is 3.17. The lowest BCUT2D eigenvalue weighted by Crippen LogP contribution is -2.25. The number of aromatic nitrogens is 1. The van der Waals surface area contributed by atoms with Crippen LogP contribution in [0.4, 0.5) is 8.78 Å². The number of oxazole rings is 1. The molecule has 0 atom stereocenters. The molecule has 0 aliphatic rings. The van der Waals surface area contributed by atoms with E-state index in [0.717, 1.165) is 12.1 Å². The van der Waals surface area contributed by atoms with Crippen LogP contribution in [0.2, 0.25) is 0 Å². The average molecular weight is 331 g/mol. The zero-order valence-corrected chi connectivity index (χ0v) is 11.4. The largest absolute Gasteiger partial charge is 0.444 e. The van der Waals surface area contributed by atoms with E-state index in [1.165, 1.54) is 6.20 Å². The summed E-state index contributed by atoms with van der Waals surface area (Å²) in [5.74, 6) is -1.88. The minimum Gasteiger partial charge on any atom is -0.444 e. The maximum atomic E-state index is 13.5. The number of carbonyl (C=O) groups excluding carboxylic acids is 1. The van der Waals surface area contributed by atoms with Gasteiger partial charge in [0.15, 0.2) is 0 Å². The molecule has 0 bridgehead atoms. The van der Waals surface area contributed by atoms with Gasteiger partial charge < -0.3 is 9.73 Å². The van der Waals surface area contributed by atoms with Gasteiger partial charge in [0.2, 0.25) is 5.89 Å². The number of carbonyl (C=O) groups is 1. The Hall–Kier alpha value is -1.76. The predicted molar refractivity (Wildman–Crippen MR) is 66.5 cm³/mol. The molecule has 0 saturated heterocycles. The van der Waals surface area contributed by atoms with E-state index in [2.05, 4.69) is 26.2 Å². The Morgan fingerprint density at radius 1 is 1.42 bits per heavy atom. The van der Waals surface area contributed by atoms with Crippen LogP contribution in [0.5, 0.6) is 0 Å². The zero-order valence-electron chi connectivity index (χ0n) is 9.84. The molecule has 2 aromatic rings. The third-order valence-corrected chi connectivity index (χ3v) is 2.76. The summed E-state index contributed by atoms with van der Waals surface area (Å²) < 4.78 is 32.4. The first-order chi connectivity index (χ1) is 8.97. The monoisotopic (exact) mass is 330 g/mol. The van der Waals surface area contributed by atoms with E-state index in [9.17, 15) is 13.6 Å². The van der Waals surface area contributed by atoms with Gasteiger partial charge in [-0.2, -0.15) is 0 Å². The van der Waals surface area contributed by atoms with Gasteiger partial charge in [0.25, 0.3) is 5.91 Å². The number of hydrogen-bond acceptors (Lipinski definition) is 3. The van der Waals surface area contributed by atoms with Crippen molar-refractivity contribution in [3.05, 3.63) is 51.7 Å². The highest BCUT2D eigenvalue weighted by molar-refractivity contribution is 9.10. The van der Waals surface area contributed by atoms with E-state index in [1.54, 1.807) is 6.92 Å². The van der Waals surface area contributed by atoms with Crippen molar-refractivity contribution in [1.82, 2.24) is 10.3 Å². The first-order valence-electron chi connectivity index (χ1n) is 5.31. The van der Waals surface area contributed by atoms with Crippen molar-refractivity contribution < 1.29 is 18.0 Å². The van der Waals surface area contributed by atoms with Gasteiger partial charge in [-0.1, -0.05) is 15.9 Å². The molecule has 1 aromatic heterocycles. The molecule has 0 fully saturated rings. The van der Waals surface area contributed by atoms with E-state index >= 15 is 0 Å². The first-order valence-corrected chi connectivity index (χ1v) is 6.10. The fraction of sp³-hybridized carbons (Fsp3) is 0.167. The summed E-state index contributed by atoms with van der Waals surface area (Å²) in [5, 5.41) is 2.34. The second kappa shape index (κ2) is 5.48. The van der Waals surface area contributed by atoms with Gasteiger partial charge in [-0.05, 0) is 19.1 Å². The molecular weight excluding hydrogens is 322 g/mol. The maximum absolute atomic E-state index is 13.5. The Morgan fingerprint density at radius 3 is 2.58 bits per heavy atom. The Morgan fingerprint density at radius 2 is 2.05 bits per heavy atom. The molecule has 2 rings (SSSR count). The Kier molecular flexibility index (Phi) is 3.94. The smallest absolute Gasteiger partial charge is 0.257 e. The minimum atomic E-state index is -0.937. The molecule has 0 spiro atoms. The number of rotatable bonds is 3. The molecule has 4 nitrogen and oxygen atoms in total. The fourth-order valence-corrected chi connectivity index (χ4v) is 1.89. The van der Waals surface area contributed by atoms with E-state index in [4.69, 9.17) is 4.42 Å². The number of amides is 1. The van der Waals surface area contributed by atoms with Gasteiger partial charge in [-0.3, -0.25) is 4.79 Å². The second-order valence-corrected chi connectivity index (χ2v) is 4.71. The predicted octanol–water partition coefficient (Wildman–Crippen LogP) is 2.95. The number of nitrogens with one attached hydrogen (secondary N) is 1. The van der Waals surface area contributed by atoms with Crippen LogP contribution in [0.25, 0.3) is 0 Å². The highest BCUT2D eigenvalue weighted by atomic mass is 79.9. The van der Waals surface area contributed by atoms with Crippen LogP contribution in [0.15, 0.2) is 27.2 Å². The van der Waals surface area contributed by atoms with Gasteiger partial charge in [0, 0.05) is 4.47 Å². The molecular formula is C12H9BrF2N2O2. The lowest BCUT2D eigenvalue weighted by molar-refractivity contribution is 0.0938. The highest BCUT2D eigenvalue weighted by Crippen LogP contribution is 2.19. The van der Waals surface area contributed by atoms with Gasteiger partial charge in [-0.25, -0.2) is 13.8 Å². The summed E-state index contributed by atoms with van der Waals surface area (Å²) in [5.41, 5.74) is -0.633. The lowest BCUT2D eigenvalue weighted by atomic mass is 10.2. The van der Waals surface area contributed by atoms with Crippen molar-refractivity contribution in [3.63, 3.8) is 0 Å². The normalized spacial score (nSPS) is 10.5. The van der Waals surface area contributed by atoms with E-state index in [0.29, 0.717) is 5.76 Å². The summed E-state index contributed by atoms with van der Waals surface area (Å²) >= 11 is 2.94. The molecule has 7 heteroatoms. The van der Waals surface area contributed by atoms with Crippen molar-refractivity contribution in [2.24, 2.45) is 0 Å². The summed E-state index contributed by atoms with van der Waals surface area (Å²) in [6.45, 7) is 1.66. The molecule has 1 heterocycles. The summed E-state index contributed by atoms with van der Waals surface area (Å²) in [7, 11) is 0. The van der Waals surface area contributed by atoms with Gasteiger partial charge in [-0.15, -0.1) is 0 Å². The number of aryl methyl sites for hydroxylation is 1. The Labute approximate surface area is 116 Å². The minimum absolute atomic E-state index is 0.0401. The number of benzene rings is 1. The quantitative estimate of drug-likeness (QED) is 0.941. The molecule has 0 unspecified atom stereocenters. The van der Waals surface area contributed by atoms with Crippen molar-refractivity contribution >= 4 is 21.8 Å². The average Bonchev–Trinajstić information content (AvgIpc) is 2.71. The number of nitrogens with zero attached hydrogens (tertiary/aromatic N) is 1. The third-order valence-electron chi connectivity index (χ3n) is 2.30. The highest BCUT2D eigenvalue weighted by Gasteiger charge is 2.18. The molecule has 0 radical (unpaired) electrons. The summed E-state index contributed by atoms with van der Waals surface area (Å²) in [6.07, 6.45) is 1.49. The molecule has 1 amide bonds. The van der Waals surface area contributed by atoms with E-state index < -0.39 is 23.1 Å². The van der Waals surface area contributed by atoms with Crippen molar-refractivity contribution in [2.75, 3.05) is 0 Å². The molecule has 1 N–H and O–H groups in total. The number of hydrogen-bond donors (Lipinski definition) is 1. The van der Waals surface area contributed by atoms with Crippen LogP contribution in [-0.4, -0.2) is 10.9 Å². The van der Waals surface area contributed by atoms with Crippen molar-refractivity contribution in [3.8, 4) is 0 Å². The molecule has 19 heavy (non-hydrogen) atoms. The summed E-state index contributed by atoms with van der Waals surface area (Å²) in [6, 6.07) is 2.04. The molecule has 0 aliphatic carbocycles. The lowest BCUT2D eigenvalue weighted by Gasteiger charge is -2.06. The topological polar surface area (TPSA) is 55.1 Å². The molecule has 0 saturated carbocycles. The van der Waals surface area contributed by atoms with Crippen LogP contribution >= 0.6 is 15.9 Å². The molecule has 0 aliphatic heterocycles. The van der Waals surface area contributed by atoms with E-state index in [1.807, 2.05) is 0 Å². The van der Waals surface area contributed by atoms with Gasteiger partial charge >= 0.3 is 0 Å². The molecule has 1 aromatic carbocycles. The standard InChI is InChI=1S/C12H9BrF2N2O2/c1-6-4-16-10(19-6)5-17-12(18)11-8(14)2-7(13)3-9(11)15/h2-4H,5H2,1H3,(H,17,18). The molecule has 100 valence electrons. The first kappa shape index (κ1) is 13.7. The van der Waals surface area contributed by atoms with E-state index in [-0.39, 0.29) is 16.9 Å². The van der Waals surface area contributed by atoms with Crippen LogP contribution in [0, 0.1) is 18.6 Å². The fourth-order valence-electron chi connectivity index (χ4n) is 1.49. The van der Waals surface area contributed by atoms with Crippen LogP contribution in [-0.2, 0) is 6.54 Å². The van der Waals surface area contributed by atoms with Gasteiger partial charge in [0.05, 0.1) is 12.7 Å². The van der Waals surface area contributed by atoms with Crippen LogP contribution in [0.1, 0.15) is 22.0 Å². The van der Waals surface area contributed by atoms with Crippen molar-refractivity contribution in [1.29, 1.82) is 0 Å². The summed E-state index contributed by atoms with van der Waals surface area (Å²) in [4.78, 5) is 15.6. The van der Waals surface area contributed by atoms with Gasteiger partial charge in [0.1, 0.15) is 23.0 Å². The number of halogens is 3. The second-order valence-electron chi connectivity index (χ2n) is 3.79. The zero-order chi connectivity index (χ0) is 14.0. The van der Waals surface area contributed by atoms with Crippen molar-refractivity contribution in [2.45, 2.75) is 13.5 Å².